The smallest absolute Gasteiger partial charge is 0.293 e. The van der Waals surface area contributed by atoms with Crippen LogP contribution in [0.25, 0.3) is 0 Å². The van der Waals surface area contributed by atoms with Crippen LogP contribution in [-0.2, 0) is 7.05 Å². The number of aromatic hydroxyl groups is 1. The fraction of sp³-hybridized carbons (Fsp3) is 0.0833. The van der Waals surface area contributed by atoms with E-state index in [1.54, 1.807) is 25.4 Å². The van der Waals surface area contributed by atoms with Crippen molar-refractivity contribution in [3.8, 4) is 5.75 Å². The third kappa shape index (κ3) is 3.45. The van der Waals surface area contributed by atoms with Crippen LogP contribution in [0, 0.1) is 0 Å². The molecule has 0 saturated heterocycles. The average Bonchev–Trinajstić information content (AvgIpc) is 2.72. The van der Waals surface area contributed by atoms with E-state index in [0.29, 0.717) is 10.0 Å². The number of rotatable bonds is 3. The molecule has 0 bridgehead atoms. The molecule has 0 aliphatic rings. The molecule has 0 saturated carbocycles. The van der Waals surface area contributed by atoms with Crippen molar-refractivity contribution in [3.05, 3.63) is 44.6 Å². The van der Waals surface area contributed by atoms with Crippen LogP contribution in [0.5, 0.6) is 5.75 Å². The summed E-state index contributed by atoms with van der Waals surface area (Å²) >= 11 is 6.52. The number of hydrogen-bond acceptors (Lipinski definition) is 4. The first kappa shape index (κ1) is 14.7. The number of amides is 1. The maximum absolute atomic E-state index is 11.8. The van der Waals surface area contributed by atoms with Crippen LogP contribution in [0.3, 0.4) is 0 Å². The Bertz CT molecular complexity index is 682. The summed E-state index contributed by atoms with van der Waals surface area (Å²) < 4.78 is 2.90. The molecule has 0 unspecified atom stereocenters. The SMILES string of the molecule is Cn1cc(Br)c(C(=O)N/N=C/c2cc(Br)ccc2O)n1. The minimum absolute atomic E-state index is 0.0743. The highest BCUT2D eigenvalue weighted by Gasteiger charge is 2.13. The van der Waals surface area contributed by atoms with Crippen LogP contribution in [0.15, 0.2) is 38.4 Å². The molecule has 104 valence electrons. The summed E-state index contributed by atoms with van der Waals surface area (Å²) in [6.07, 6.45) is 3.02. The quantitative estimate of drug-likeness (QED) is 0.612. The zero-order valence-electron chi connectivity index (χ0n) is 10.3. The third-order valence-electron chi connectivity index (χ3n) is 2.36. The molecule has 0 fully saturated rings. The van der Waals surface area contributed by atoms with Gasteiger partial charge in [0.15, 0.2) is 5.69 Å². The molecule has 1 aromatic carbocycles. The van der Waals surface area contributed by atoms with Gasteiger partial charge < -0.3 is 5.11 Å². The molecule has 20 heavy (non-hydrogen) atoms. The van der Waals surface area contributed by atoms with E-state index >= 15 is 0 Å². The van der Waals surface area contributed by atoms with Crippen molar-refractivity contribution in [2.75, 3.05) is 0 Å². The van der Waals surface area contributed by atoms with Crippen molar-refractivity contribution in [2.24, 2.45) is 12.1 Å². The Balaban J connectivity index is 2.08. The monoisotopic (exact) mass is 400 g/mol. The van der Waals surface area contributed by atoms with E-state index in [2.05, 4.69) is 47.5 Å². The molecule has 0 spiro atoms. The standard InChI is InChI=1S/C12H10Br2N4O2/c1-18-6-9(14)11(17-18)12(20)16-15-5-7-4-8(13)2-3-10(7)19/h2-6,19H,1H3,(H,16,20)/b15-5+. The first-order valence-corrected chi connectivity index (χ1v) is 7.07. The van der Waals surface area contributed by atoms with Gasteiger partial charge in [-0.1, -0.05) is 15.9 Å². The number of phenols is 1. The molecule has 2 rings (SSSR count). The van der Waals surface area contributed by atoms with Gasteiger partial charge in [0.1, 0.15) is 5.75 Å². The molecular formula is C12H10Br2N4O2. The highest BCUT2D eigenvalue weighted by Crippen LogP contribution is 2.20. The molecule has 1 amide bonds. The lowest BCUT2D eigenvalue weighted by molar-refractivity contribution is 0.0948. The summed E-state index contributed by atoms with van der Waals surface area (Å²) in [6.45, 7) is 0. The number of aryl methyl sites for hydroxylation is 1. The summed E-state index contributed by atoms with van der Waals surface area (Å²) in [6, 6.07) is 4.92. The number of hydrazone groups is 1. The van der Waals surface area contributed by atoms with Crippen LogP contribution < -0.4 is 5.43 Å². The number of benzene rings is 1. The summed E-state index contributed by atoms with van der Waals surface area (Å²) in [5.41, 5.74) is 3.07. The summed E-state index contributed by atoms with van der Waals surface area (Å²) in [4.78, 5) is 11.8. The predicted molar refractivity (Wildman–Crippen MR) is 81.8 cm³/mol. The van der Waals surface area contributed by atoms with E-state index in [1.165, 1.54) is 17.0 Å². The van der Waals surface area contributed by atoms with Gasteiger partial charge in [0.25, 0.3) is 5.91 Å². The lowest BCUT2D eigenvalue weighted by atomic mass is 10.2. The molecule has 2 N–H and O–H groups in total. The highest BCUT2D eigenvalue weighted by molar-refractivity contribution is 9.10. The van der Waals surface area contributed by atoms with E-state index in [4.69, 9.17) is 0 Å². The van der Waals surface area contributed by atoms with Crippen molar-refractivity contribution in [1.29, 1.82) is 0 Å². The van der Waals surface area contributed by atoms with Crippen LogP contribution in [0.2, 0.25) is 0 Å². The molecule has 1 aromatic heterocycles. The van der Waals surface area contributed by atoms with Crippen LogP contribution in [-0.4, -0.2) is 27.0 Å². The van der Waals surface area contributed by atoms with Gasteiger partial charge in [0.05, 0.1) is 10.7 Å². The summed E-state index contributed by atoms with van der Waals surface area (Å²) in [5.74, 6) is -0.367. The number of hydrogen-bond donors (Lipinski definition) is 2. The van der Waals surface area contributed by atoms with Gasteiger partial charge >= 0.3 is 0 Å². The minimum atomic E-state index is -0.441. The van der Waals surface area contributed by atoms with Crippen LogP contribution in [0.4, 0.5) is 0 Å². The fourth-order valence-corrected chi connectivity index (χ4v) is 2.39. The average molecular weight is 402 g/mol. The lowest BCUT2D eigenvalue weighted by Gasteiger charge is -2.00. The van der Waals surface area contributed by atoms with E-state index in [1.807, 2.05) is 0 Å². The zero-order valence-corrected chi connectivity index (χ0v) is 13.5. The molecule has 0 aliphatic carbocycles. The second-order valence-corrected chi connectivity index (χ2v) is 5.67. The topological polar surface area (TPSA) is 79.5 Å². The predicted octanol–water partition coefficient (Wildman–Crippen LogP) is 2.41. The number of carbonyl (C=O) groups excluding carboxylic acids is 1. The Labute approximate surface area is 131 Å². The fourth-order valence-electron chi connectivity index (χ4n) is 1.46. The van der Waals surface area contributed by atoms with Gasteiger partial charge in [0.2, 0.25) is 0 Å². The molecular weight excluding hydrogens is 392 g/mol. The second-order valence-electron chi connectivity index (χ2n) is 3.90. The number of nitrogens with one attached hydrogen (secondary N) is 1. The number of halogens is 2. The molecule has 6 nitrogen and oxygen atoms in total. The number of nitrogens with zero attached hydrogens (tertiary/aromatic N) is 3. The van der Waals surface area contributed by atoms with Gasteiger partial charge in [-0.15, -0.1) is 0 Å². The van der Waals surface area contributed by atoms with Crippen LogP contribution in [0.1, 0.15) is 16.1 Å². The second kappa shape index (κ2) is 6.19. The Morgan fingerprint density at radius 2 is 2.25 bits per heavy atom. The van der Waals surface area contributed by atoms with Crippen molar-refractivity contribution < 1.29 is 9.90 Å². The van der Waals surface area contributed by atoms with E-state index in [-0.39, 0.29) is 11.4 Å². The summed E-state index contributed by atoms with van der Waals surface area (Å²) in [7, 11) is 1.71. The minimum Gasteiger partial charge on any atom is -0.507 e. The van der Waals surface area contributed by atoms with E-state index < -0.39 is 5.91 Å². The molecule has 0 aliphatic heterocycles. The number of aromatic nitrogens is 2. The van der Waals surface area contributed by atoms with Gasteiger partial charge in [-0.3, -0.25) is 9.48 Å². The highest BCUT2D eigenvalue weighted by atomic mass is 79.9. The van der Waals surface area contributed by atoms with Crippen molar-refractivity contribution >= 4 is 44.0 Å². The van der Waals surface area contributed by atoms with Gasteiger partial charge in [-0.25, -0.2) is 5.43 Å². The largest absolute Gasteiger partial charge is 0.507 e. The van der Waals surface area contributed by atoms with Gasteiger partial charge in [0, 0.05) is 23.3 Å². The van der Waals surface area contributed by atoms with E-state index in [0.717, 1.165) is 4.47 Å². The Hall–Kier alpha value is -1.67. The maximum atomic E-state index is 11.8. The normalized spacial score (nSPS) is 10.9. The lowest BCUT2D eigenvalue weighted by Crippen LogP contribution is -2.19. The summed E-state index contributed by atoms with van der Waals surface area (Å²) in [5, 5.41) is 17.4. The number of carbonyl (C=O) groups is 1. The van der Waals surface area contributed by atoms with Crippen molar-refractivity contribution in [3.63, 3.8) is 0 Å². The maximum Gasteiger partial charge on any atom is 0.293 e. The van der Waals surface area contributed by atoms with E-state index in [9.17, 15) is 9.90 Å². The number of phenolic OH excluding ortho intramolecular Hbond substituents is 1. The molecule has 1 heterocycles. The Kier molecular flexibility index (Phi) is 4.56. The first-order valence-electron chi connectivity index (χ1n) is 5.48. The molecule has 2 aromatic rings. The molecule has 0 atom stereocenters. The Morgan fingerprint density at radius 1 is 1.50 bits per heavy atom. The molecule has 8 heteroatoms. The Morgan fingerprint density at radius 3 is 2.90 bits per heavy atom. The van der Waals surface area contributed by atoms with Crippen molar-refractivity contribution in [1.82, 2.24) is 15.2 Å². The first-order chi connectivity index (χ1) is 9.47. The van der Waals surface area contributed by atoms with Crippen LogP contribution >= 0.6 is 31.9 Å². The zero-order chi connectivity index (χ0) is 14.7. The van der Waals surface area contributed by atoms with Gasteiger partial charge in [-0.05, 0) is 34.1 Å². The van der Waals surface area contributed by atoms with Crippen molar-refractivity contribution in [2.45, 2.75) is 0 Å². The molecule has 0 radical (unpaired) electrons. The van der Waals surface area contributed by atoms with Gasteiger partial charge in [-0.2, -0.15) is 10.2 Å². The third-order valence-corrected chi connectivity index (χ3v) is 3.43.